The maximum atomic E-state index is 12.7. The molecule has 0 unspecified atom stereocenters. The van der Waals surface area contributed by atoms with E-state index in [1.807, 2.05) is 56.3 Å². The largest absolute Gasteiger partial charge is 0.491 e. The maximum absolute atomic E-state index is 12.7. The zero-order valence-corrected chi connectivity index (χ0v) is 17.6. The first-order valence-corrected chi connectivity index (χ1v) is 11.0. The fourth-order valence-electron chi connectivity index (χ4n) is 2.73. The monoisotopic (exact) mass is 424 g/mol. The molecule has 0 aliphatic rings. The Morgan fingerprint density at radius 1 is 0.967 bits per heavy atom. The van der Waals surface area contributed by atoms with Crippen LogP contribution in [0.4, 0.5) is 5.69 Å². The van der Waals surface area contributed by atoms with Crippen molar-refractivity contribution in [2.24, 2.45) is 0 Å². The minimum atomic E-state index is -3.81. The van der Waals surface area contributed by atoms with E-state index in [4.69, 9.17) is 4.74 Å². The molecule has 6 nitrogen and oxygen atoms in total. The van der Waals surface area contributed by atoms with Gasteiger partial charge in [-0.25, -0.2) is 8.42 Å². The summed E-state index contributed by atoms with van der Waals surface area (Å²) in [5.74, 6) is 0.348. The molecule has 0 aromatic heterocycles. The number of aryl methyl sites for hydroxylation is 1. The molecule has 0 saturated carbocycles. The van der Waals surface area contributed by atoms with Crippen molar-refractivity contribution >= 4 is 21.6 Å². The Labute approximate surface area is 177 Å². The first-order chi connectivity index (χ1) is 14.3. The summed E-state index contributed by atoms with van der Waals surface area (Å²) >= 11 is 0. The van der Waals surface area contributed by atoms with Gasteiger partial charge >= 0.3 is 0 Å². The highest BCUT2D eigenvalue weighted by atomic mass is 32.2. The fraction of sp³-hybridized carbons (Fsp3) is 0.174. The van der Waals surface area contributed by atoms with E-state index in [1.165, 1.54) is 12.1 Å². The van der Waals surface area contributed by atoms with Gasteiger partial charge in [0.05, 0.1) is 10.9 Å². The first-order valence-electron chi connectivity index (χ1n) is 9.52. The Hall–Kier alpha value is -3.32. The van der Waals surface area contributed by atoms with Gasteiger partial charge in [0.15, 0.2) is 0 Å². The summed E-state index contributed by atoms with van der Waals surface area (Å²) in [4.78, 5) is 12.6. The van der Waals surface area contributed by atoms with E-state index >= 15 is 0 Å². The molecule has 7 heteroatoms. The second kappa shape index (κ2) is 9.45. The van der Waals surface area contributed by atoms with Crippen molar-refractivity contribution in [2.45, 2.75) is 24.8 Å². The molecule has 1 atom stereocenters. The summed E-state index contributed by atoms with van der Waals surface area (Å²) in [6.45, 7) is 4.04. The molecule has 30 heavy (non-hydrogen) atoms. The number of amides is 1. The SMILES string of the molecule is Cc1ccc(NS(=O)(=O)c2cccc(C(=O)N[C@@H](C)COc3ccccc3)c2)cc1. The Kier molecular flexibility index (Phi) is 6.74. The number of anilines is 1. The third kappa shape index (κ3) is 5.84. The Bertz CT molecular complexity index is 1100. The zero-order valence-electron chi connectivity index (χ0n) is 16.8. The molecule has 0 radical (unpaired) electrons. The van der Waals surface area contributed by atoms with Crippen molar-refractivity contribution < 1.29 is 17.9 Å². The van der Waals surface area contributed by atoms with Gasteiger partial charge in [-0.1, -0.05) is 42.0 Å². The molecule has 0 aliphatic carbocycles. The van der Waals surface area contributed by atoms with Crippen LogP contribution in [0.3, 0.4) is 0 Å². The van der Waals surface area contributed by atoms with Gasteiger partial charge in [-0.3, -0.25) is 9.52 Å². The quantitative estimate of drug-likeness (QED) is 0.573. The van der Waals surface area contributed by atoms with Crippen LogP contribution in [0.5, 0.6) is 5.75 Å². The lowest BCUT2D eigenvalue weighted by Crippen LogP contribution is -2.36. The van der Waals surface area contributed by atoms with Crippen LogP contribution in [-0.4, -0.2) is 27.0 Å². The van der Waals surface area contributed by atoms with Crippen LogP contribution in [0.1, 0.15) is 22.8 Å². The van der Waals surface area contributed by atoms with Crippen molar-refractivity contribution in [2.75, 3.05) is 11.3 Å². The smallest absolute Gasteiger partial charge is 0.261 e. The molecule has 0 spiro atoms. The van der Waals surface area contributed by atoms with Crippen LogP contribution >= 0.6 is 0 Å². The molecule has 3 rings (SSSR count). The van der Waals surface area contributed by atoms with E-state index in [0.717, 1.165) is 5.56 Å². The van der Waals surface area contributed by atoms with Gasteiger partial charge in [0.1, 0.15) is 12.4 Å². The third-order valence-electron chi connectivity index (χ3n) is 4.33. The van der Waals surface area contributed by atoms with E-state index in [2.05, 4.69) is 10.0 Å². The lowest BCUT2D eigenvalue weighted by atomic mass is 10.2. The normalized spacial score (nSPS) is 12.1. The summed E-state index contributed by atoms with van der Waals surface area (Å²) in [6.07, 6.45) is 0. The van der Waals surface area contributed by atoms with Gasteiger partial charge < -0.3 is 10.1 Å². The van der Waals surface area contributed by atoms with Gasteiger partial charge in [0, 0.05) is 11.3 Å². The van der Waals surface area contributed by atoms with Crippen molar-refractivity contribution in [1.29, 1.82) is 0 Å². The number of hydrogen-bond donors (Lipinski definition) is 2. The molecule has 0 fully saturated rings. The highest BCUT2D eigenvalue weighted by Crippen LogP contribution is 2.18. The maximum Gasteiger partial charge on any atom is 0.261 e. The number of nitrogens with one attached hydrogen (secondary N) is 2. The minimum absolute atomic E-state index is 0.0175. The standard InChI is InChI=1S/C23H24N2O4S/c1-17-11-13-20(14-12-17)25-30(27,28)22-10-6-7-19(15-22)23(26)24-18(2)16-29-21-8-4-3-5-9-21/h3-15,18,25H,16H2,1-2H3,(H,24,26)/t18-/m0/s1. The van der Waals surface area contributed by atoms with Crippen molar-refractivity contribution in [1.82, 2.24) is 5.32 Å². The summed E-state index contributed by atoms with van der Waals surface area (Å²) in [7, 11) is -3.81. The molecular weight excluding hydrogens is 400 g/mol. The topological polar surface area (TPSA) is 84.5 Å². The number of carbonyl (C=O) groups is 1. The second-order valence-electron chi connectivity index (χ2n) is 7.00. The molecule has 2 N–H and O–H groups in total. The Morgan fingerprint density at radius 3 is 2.37 bits per heavy atom. The lowest BCUT2D eigenvalue weighted by molar-refractivity contribution is 0.0926. The van der Waals surface area contributed by atoms with Gasteiger partial charge in [-0.2, -0.15) is 0 Å². The number of rotatable bonds is 8. The van der Waals surface area contributed by atoms with Gasteiger partial charge in [0.2, 0.25) is 0 Å². The summed E-state index contributed by atoms with van der Waals surface area (Å²) in [6, 6.07) is 22.0. The van der Waals surface area contributed by atoms with Crippen molar-refractivity contribution in [3.63, 3.8) is 0 Å². The molecule has 0 heterocycles. The predicted molar refractivity (Wildman–Crippen MR) is 117 cm³/mol. The second-order valence-corrected chi connectivity index (χ2v) is 8.68. The van der Waals surface area contributed by atoms with Gasteiger partial charge in [0.25, 0.3) is 15.9 Å². The van der Waals surface area contributed by atoms with Gasteiger partial charge in [-0.15, -0.1) is 0 Å². The van der Waals surface area contributed by atoms with Crippen LogP contribution in [0.2, 0.25) is 0 Å². The molecule has 0 bridgehead atoms. The Balaban J connectivity index is 1.64. The number of hydrogen-bond acceptors (Lipinski definition) is 4. The Morgan fingerprint density at radius 2 is 1.67 bits per heavy atom. The summed E-state index contributed by atoms with van der Waals surface area (Å²) < 4.78 is 33.5. The van der Waals surface area contributed by atoms with Crippen LogP contribution < -0.4 is 14.8 Å². The number of benzene rings is 3. The number of sulfonamides is 1. The number of carbonyl (C=O) groups excluding carboxylic acids is 1. The highest BCUT2D eigenvalue weighted by molar-refractivity contribution is 7.92. The van der Waals surface area contributed by atoms with Gasteiger partial charge in [-0.05, 0) is 56.3 Å². The summed E-state index contributed by atoms with van der Waals surface area (Å²) in [5, 5.41) is 2.82. The van der Waals surface area contributed by atoms with E-state index in [-0.39, 0.29) is 22.4 Å². The van der Waals surface area contributed by atoms with Crippen molar-refractivity contribution in [3.8, 4) is 5.75 Å². The van der Waals surface area contributed by atoms with Crippen molar-refractivity contribution in [3.05, 3.63) is 90.0 Å². The van der Waals surface area contributed by atoms with E-state index in [0.29, 0.717) is 18.0 Å². The molecule has 3 aromatic rings. The van der Waals surface area contributed by atoms with Crippen LogP contribution in [-0.2, 0) is 10.0 Å². The minimum Gasteiger partial charge on any atom is -0.491 e. The molecule has 0 saturated heterocycles. The average molecular weight is 425 g/mol. The van der Waals surface area contributed by atoms with Crippen LogP contribution in [0.15, 0.2) is 83.8 Å². The zero-order chi connectivity index (χ0) is 21.6. The molecular formula is C23H24N2O4S. The predicted octanol–water partition coefficient (Wildman–Crippen LogP) is 3.99. The highest BCUT2D eigenvalue weighted by Gasteiger charge is 2.17. The average Bonchev–Trinajstić information content (AvgIpc) is 2.74. The van der Waals surface area contributed by atoms with E-state index < -0.39 is 10.0 Å². The van der Waals surface area contributed by atoms with E-state index in [9.17, 15) is 13.2 Å². The molecule has 0 aliphatic heterocycles. The van der Waals surface area contributed by atoms with Crippen LogP contribution in [0, 0.1) is 6.92 Å². The molecule has 3 aromatic carbocycles. The first kappa shape index (κ1) is 21.4. The molecule has 156 valence electrons. The van der Waals surface area contributed by atoms with E-state index in [1.54, 1.807) is 24.3 Å². The lowest BCUT2D eigenvalue weighted by Gasteiger charge is -2.15. The number of para-hydroxylation sites is 1. The molecule has 1 amide bonds. The third-order valence-corrected chi connectivity index (χ3v) is 5.71. The fourth-order valence-corrected chi connectivity index (χ4v) is 3.83. The summed E-state index contributed by atoms with van der Waals surface area (Å²) in [5.41, 5.74) is 1.75. The van der Waals surface area contributed by atoms with Crippen LogP contribution in [0.25, 0.3) is 0 Å². The number of ether oxygens (including phenoxy) is 1.